The third-order valence-electron chi connectivity index (χ3n) is 9.64. The quantitative estimate of drug-likeness (QED) is 0.428. The number of benzene rings is 3. The Morgan fingerprint density at radius 1 is 0.800 bits per heavy atom. The maximum Gasteiger partial charge on any atom is 0.253 e. The molecule has 7 rings (SSSR count). The summed E-state index contributed by atoms with van der Waals surface area (Å²) >= 11 is 0. The summed E-state index contributed by atoms with van der Waals surface area (Å²) in [5.74, 6) is -2.29. The number of amides is 3. The summed E-state index contributed by atoms with van der Waals surface area (Å²) in [4.78, 5) is 49.1. The average molecular weight is 606 g/mol. The molecule has 230 valence electrons. The number of nitrogens with zero attached hydrogens (tertiary/aromatic N) is 3. The van der Waals surface area contributed by atoms with Crippen molar-refractivity contribution < 1.29 is 29.0 Å². The highest BCUT2D eigenvalue weighted by Gasteiger charge is 2.75. The lowest BCUT2D eigenvalue weighted by molar-refractivity contribution is -0.148. The lowest BCUT2D eigenvalue weighted by Gasteiger charge is -2.40. The number of anilines is 2. The molecule has 45 heavy (non-hydrogen) atoms. The molecule has 3 amide bonds. The van der Waals surface area contributed by atoms with Crippen LogP contribution in [-0.4, -0.2) is 71.8 Å². The van der Waals surface area contributed by atoms with Crippen molar-refractivity contribution in [2.75, 3.05) is 36.6 Å². The highest BCUT2D eigenvalue weighted by atomic mass is 16.5. The Bertz CT molecular complexity index is 1680. The van der Waals surface area contributed by atoms with Crippen LogP contribution in [0.1, 0.15) is 18.5 Å². The van der Waals surface area contributed by atoms with Crippen LogP contribution >= 0.6 is 0 Å². The SMILES string of the molecule is COc1ccc(N2CC=C[C@]34O[C@]5(C)C=CCN(c6ccccc6)C(=O)[C@@H]5[C@H]3C(=O)N([C@H](CO)c3ccccc3)C4C2=O)cc1. The lowest BCUT2D eigenvalue weighted by Crippen LogP contribution is -2.57. The molecule has 4 aliphatic rings. The van der Waals surface area contributed by atoms with Gasteiger partial charge < -0.3 is 29.3 Å². The van der Waals surface area contributed by atoms with Gasteiger partial charge in [0.15, 0.2) is 0 Å². The summed E-state index contributed by atoms with van der Waals surface area (Å²) < 4.78 is 12.3. The predicted octanol–water partition coefficient (Wildman–Crippen LogP) is 3.91. The fraction of sp³-hybridized carbons (Fsp3) is 0.306. The Hall–Kier alpha value is -4.73. The van der Waals surface area contributed by atoms with E-state index >= 15 is 0 Å². The molecule has 2 saturated heterocycles. The number of fused-ring (bicyclic) bond motifs is 2. The van der Waals surface area contributed by atoms with Crippen molar-refractivity contribution in [1.82, 2.24) is 4.90 Å². The summed E-state index contributed by atoms with van der Waals surface area (Å²) in [5, 5.41) is 10.8. The first-order valence-electron chi connectivity index (χ1n) is 15.2. The monoisotopic (exact) mass is 605 g/mol. The van der Waals surface area contributed by atoms with E-state index in [1.165, 1.54) is 4.90 Å². The van der Waals surface area contributed by atoms with Gasteiger partial charge in [-0.3, -0.25) is 14.4 Å². The van der Waals surface area contributed by atoms with Gasteiger partial charge in [0.2, 0.25) is 11.8 Å². The fourth-order valence-electron chi connectivity index (χ4n) is 7.66. The molecule has 3 aromatic carbocycles. The normalized spacial score (nSPS) is 29.6. The van der Waals surface area contributed by atoms with Crippen LogP contribution in [0, 0.1) is 11.8 Å². The van der Waals surface area contributed by atoms with Gasteiger partial charge in [-0.25, -0.2) is 0 Å². The minimum absolute atomic E-state index is 0.234. The number of rotatable bonds is 6. The topological polar surface area (TPSA) is 99.6 Å². The zero-order chi connectivity index (χ0) is 31.3. The number of hydrogen-bond acceptors (Lipinski definition) is 6. The number of ether oxygens (including phenoxy) is 2. The number of carbonyl (C=O) groups excluding carboxylic acids is 3. The summed E-state index contributed by atoms with van der Waals surface area (Å²) in [6.45, 7) is 1.97. The van der Waals surface area contributed by atoms with Gasteiger partial charge in [0, 0.05) is 24.5 Å². The van der Waals surface area contributed by atoms with Crippen LogP contribution in [0.2, 0.25) is 0 Å². The molecular formula is C36H35N3O6. The second-order valence-corrected chi connectivity index (χ2v) is 12.1. The Labute approximate surface area is 261 Å². The number of methoxy groups -OCH3 is 1. The fourth-order valence-corrected chi connectivity index (χ4v) is 7.66. The molecule has 1 N–H and O–H groups in total. The van der Waals surface area contributed by atoms with Gasteiger partial charge in [-0.2, -0.15) is 0 Å². The molecule has 4 aliphatic heterocycles. The molecule has 1 unspecified atom stereocenters. The third kappa shape index (κ3) is 4.41. The molecule has 0 saturated carbocycles. The van der Waals surface area contributed by atoms with E-state index in [0.29, 0.717) is 29.2 Å². The number of hydrogen-bond donors (Lipinski definition) is 1. The van der Waals surface area contributed by atoms with E-state index in [-0.39, 0.29) is 18.4 Å². The van der Waals surface area contributed by atoms with Crippen LogP contribution in [0.3, 0.4) is 0 Å². The van der Waals surface area contributed by atoms with Crippen molar-refractivity contribution in [2.45, 2.75) is 30.2 Å². The van der Waals surface area contributed by atoms with Crippen LogP contribution in [0.4, 0.5) is 11.4 Å². The van der Waals surface area contributed by atoms with Crippen molar-refractivity contribution in [3.8, 4) is 5.75 Å². The summed E-state index contributed by atoms with van der Waals surface area (Å²) in [6.07, 6.45) is 7.42. The lowest BCUT2D eigenvalue weighted by atomic mass is 9.74. The number of carbonyl (C=O) groups is 3. The summed E-state index contributed by atoms with van der Waals surface area (Å²) in [5.41, 5.74) is -0.597. The van der Waals surface area contributed by atoms with E-state index < -0.39 is 47.6 Å². The van der Waals surface area contributed by atoms with Crippen LogP contribution in [-0.2, 0) is 19.1 Å². The van der Waals surface area contributed by atoms with E-state index in [1.807, 2.05) is 91.9 Å². The maximum atomic E-state index is 14.9. The molecule has 1 spiro atoms. The van der Waals surface area contributed by atoms with Crippen molar-refractivity contribution in [3.05, 3.63) is 115 Å². The van der Waals surface area contributed by atoms with Crippen molar-refractivity contribution in [3.63, 3.8) is 0 Å². The van der Waals surface area contributed by atoms with E-state index in [0.717, 1.165) is 0 Å². The highest BCUT2D eigenvalue weighted by Crippen LogP contribution is 2.59. The molecular weight excluding hydrogens is 570 g/mol. The average Bonchev–Trinajstić information content (AvgIpc) is 3.33. The van der Waals surface area contributed by atoms with Gasteiger partial charge in [-0.05, 0) is 48.9 Å². The zero-order valence-electron chi connectivity index (χ0n) is 25.2. The molecule has 3 aromatic rings. The largest absolute Gasteiger partial charge is 0.497 e. The van der Waals surface area contributed by atoms with E-state index in [2.05, 4.69) is 0 Å². The molecule has 0 aromatic heterocycles. The van der Waals surface area contributed by atoms with Crippen LogP contribution in [0.5, 0.6) is 5.75 Å². The molecule has 4 heterocycles. The molecule has 0 bridgehead atoms. The highest BCUT2D eigenvalue weighted by molar-refractivity contribution is 6.07. The second-order valence-electron chi connectivity index (χ2n) is 12.1. The number of para-hydroxylation sites is 1. The second kappa shape index (κ2) is 11.0. The van der Waals surface area contributed by atoms with E-state index in [4.69, 9.17) is 9.47 Å². The standard InChI is InChI=1S/C36H35N3O6/c1-35-19-9-21-37(25-13-7-4-8-14-25)32(41)29(35)30-33(42)39(28(23-40)24-11-5-3-6-12-24)31-34(43)38(22-10-20-36(30,31)45-35)26-15-17-27(44-2)18-16-26/h3-20,28-31,40H,21-23H2,1-2H3/t28-,29+,30+,31?,35-,36+/m1/s1. The first-order chi connectivity index (χ1) is 21.8. The van der Waals surface area contributed by atoms with Crippen molar-refractivity contribution in [2.24, 2.45) is 11.8 Å². The molecule has 0 aliphatic carbocycles. The Morgan fingerprint density at radius 3 is 2.04 bits per heavy atom. The minimum atomic E-state index is -1.46. The number of aliphatic hydroxyl groups excluding tert-OH is 1. The molecule has 2 fully saturated rings. The van der Waals surface area contributed by atoms with E-state index in [1.54, 1.807) is 41.2 Å². The molecule has 9 heteroatoms. The van der Waals surface area contributed by atoms with Crippen LogP contribution < -0.4 is 14.5 Å². The Kier molecular flexibility index (Phi) is 7.10. The number of aliphatic hydroxyl groups is 1. The third-order valence-corrected chi connectivity index (χ3v) is 9.64. The van der Waals surface area contributed by atoms with Crippen LogP contribution in [0.25, 0.3) is 0 Å². The zero-order valence-corrected chi connectivity index (χ0v) is 25.2. The van der Waals surface area contributed by atoms with Gasteiger partial charge in [0.05, 0.1) is 37.2 Å². The van der Waals surface area contributed by atoms with Gasteiger partial charge in [0.25, 0.3) is 5.91 Å². The summed E-state index contributed by atoms with van der Waals surface area (Å²) in [6, 6.07) is 23.7. The van der Waals surface area contributed by atoms with Gasteiger partial charge in [-0.15, -0.1) is 0 Å². The number of likely N-dealkylation sites (tertiary alicyclic amines) is 1. The Morgan fingerprint density at radius 2 is 1.40 bits per heavy atom. The smallest absolute Gasteiger partial charge is 0.253 e. The minimum Gasteiger partial charge on any atom is -0.497 e. The van der Waals surface area contributed by atoms with Gasteiger partial charge in [0.1, 0.15) is 17.4 Å². The Balaban J connectivity index is 1.39. The van der Waals surface area contributed by atoms with Crippen LogP contribution in [0.15, 0.2) is 109 Å². The first-order valence-corrected chi connectivity index (χ1v) is 15.2. The predicted molar refractivity (Wildman–Crippen MR) is 169 cm³/mol. The van der Waals surface area contributed by atoms with Crippen molar-refractivity contribution >= 4 is 29.1 Å². The first kappa shape index (κ1) is 29.0. The van der Waals surface area contributed by atoms with Crippen molar-refractivity contribution in [1.29, 1.82) is 0 Å². The van der Waals surface area contributed by atoms with E-state index in [9.17, 15) is 19.5 Å². The summed E-state index contributed by atoms with van der Waals surface area (Å²) in [7, 11) is 1.58. The van der Waals surface area contributed by atoms with Gasteiger partial charge >= 0.3 is 0 Å². The molecule has 0 radical (unpaired) electrons. The molecule has 9 nitrogen and oxygen atoms in total. The maximum absolute atomic E-state index is 14.9. The molecule has 6 atom stereocenters. The van der Waals surface area contributed by atoms with Gasteiger partial charge in [-0.1, -0.05) is 72.8 Å².